The first-order chi connectivity index (χ1) is 21.7. The molecule has 6 fully saturated rings. The van der Waals surface area contributed by atoms with Crippen molar-refractivity contribution in [3.05, 3.63) is 0 Å². The van der Waals surface area contributed by atoms with Crippen molar-refractivity contribution in [2.24, 2.45) is 64.6 Å². The Labute approximate surface area is 286 Å². The normalized spacial score (nSPS) is 49.1. The molecule has 0 bridgehead atoms. The molecule has 0 N–H and O–H groups in total. The second kappa shape index (κ2) is 13.2. The monoisotopic (exact) mass is 708 g/mol. The molecule has 262 valence electrons. The van der Waals surface area contributed by atoms with E-state index in [1.54, 1.807) is 0 Å². The molecule has 2 aliphatic heterocycles. The molecule has 7 nitrogen and oxygen atoms in total. The van der Waals surface area contributed by atoms with Crippen LogP contribution in [0.15, 0.2) is 0 Å². The molecular formula is C38H61BrO7. The maximum atomic E-state index is 14.4. The Balaban J connectivity index is 1.34. The van der Waals surface area contributed by atoms with Gasteiger partial charge in [-0.3, -0.25) is 9.59 Å². The molecule has 4 aliphatic carbocycles. The third-order valence-electron chi connectivity index (χ3n) is 13.3. The summed E-state index contributed by atoms with van der Waals surface area (Å²) in [6.45, 7) is 20.4. The highest BCUT2D eigenvalue weighted by Crippen LogP contribution is 2.78. The Hall–Kier alpha value is -0.700. The van der Waals surface area contributed by atoms with E-state index in [1.165, 1.54) is 19.3 Å². The number of ether oxygens (including phenoxy) is 5. The van der Waals surface area contributed by atoms with Crippen LogP contribution in [0.1, 0.15) is 120 Å². The van der Waals surface area contributed by atoms with Crippen LogP contribution in [-0.2, 0) is 33.3 Å². The van der Waals surface area contributed by atoms with E-state index < -0.39 is 46.3 Å². The first-order valence-corrected chi connectivity index (χ1v) is 19.6. The summed E-state index contributed by atoms with van der Waals surface area (Å²) in [4.78, 5) is 28.2. The standard InChI is InChI=1S/C38H61BrO7/c1-19(2)25-13-10-22(7)16-28(25)42-32-34(44-30-18-24(9)12-15-27(30)21(5)6)46-35(40)37(32)31-33(45-36(41)38(31,37)39)43-29-17-23(8)11-14-26(29)20(3)4/h19-34H,10-18H2,1-9H3/t22-,23-,24-,25+,26+,27+,28-,29-,30-,31-,32+,33-,34-,37-,38-/m1/s1. The maximum Gasteiger partial charge on any atom is 0.327 e. The molecule has 4 saturated carbocycles. The van der Waals surface area contributed by atoms with Crippen LogP contribution >= 0.6 is 15.9 Å². The predicted molar refractivity (Wildman–Crippen MR) is 180 cm³/mol. The van der Waals surface area contributed by atoms with Gasteiger partial charge in [0, 0.05) is 0 Å². The van der Waals surface area contributed by atoms with Crippen LogP contribution in [0.5, 0.6) is 0 Å². The molecule has 15 atom stereocenters. The first-order valence-electron chi connectivity index (χ1n) is 18.8. The van der Waals surface area contributed by atoms with Crippen molar-refractivity contribution >= 4 is 27.9 Å². The fraction of sp³-hybridized carbons (Fsp3) is 0.947. The van der Waals surface area contributed by atoms with Crippen molar-refractivity contribution in [2.75, 3.05) is 0 Å². The highest BCUT2D eigenvalue weighted by atomic mass is 79.9. The summed E-state index contributed by atoms with van der Waals surface area (Å²) in [5, 5.41) is 0. The topological polar surface area (TPSA) is 80.3 Å². The van der Waals surface area contributed by atoms with Crippen LogP contribution < -0.4 is 0 Å². The zero-order valence-corrected chi connectivity index (χ0v) is 31.4. The largest absolute Gasteiger partial charge is 0.434 e. The zero-order valence-electron chi connectivity index (χ0n) is 29.8. The first kappa shape index (κ1) is 35.1. The Morgan fingerprint density at radius 2 is 1.00 bits per heavy atom. The van der Waals surface area contributed by atoms with Crippen molar-refractivity contribution < 1.29 is 33.3 Å². The summed E-state index contributed by atoms with van der Waals surface area (Å²) in [7, 11) is 0. The van der Waals surface area contributed by atoms with E-state index >= 15 is 0 Å². The molecule has 2 saturated heterocycles. The van der Waals surface area contributed by atoms with Crippen LogP contribution in [-0.4, -0.2) is 53.3 Å². The number of carbonyl (C=O) groups excluding carboxylic acids is 2. The molecule has 0 aromatic heterocycles. The van der Waals surface area contributed by atoms with Crippen molar-refractivity contribution in [1.29, 1.82) is 0 Å². The number of cyclic esters (lactones) is 2. The quantitative estimate of drug-likeness (QED) is 0.176. The Morgan fingerprint density at radius 3 is 1.43 bits per heavy atom. The maximum absolute atomic E-state index is 14.4. The van der Waals surface area contributed by atoms with Gasteiger partial charge < -0.3 is 23.7 Å². The van der Waals surface area contributed by atoms with Gasteiger partial charge >= 0.3 is 11.9 Å². The van der Waals surface area contributed by atoms with E-state index in [2.05, 4.69) is 78.2 Å². The molecule has 6 rings (SSSR count). The zero-order chi connectivity index (χ0) is 33.3. The number of carbonyl (C=O) groups is 2. The van der Waals surface area contributed by atoms with E-state index in [0.29, 0.717) is 53.3 Å². The number of fused-ring (bicyclic) bond motifs is 3. The summed E-state index contributed by atoms with van der Waals surface area (Å²) < 4.78 is 32.0. The summed E-state index contributed by atoms with van der Waals surface area (Å²) >= 11 is 3.84. The Kier molecular flexibility index (Phi) is 10.1. The predicted octanol–water partition coefficient (Wildman–Crippen LogP) is 8.30. The molecule has 0 radical (unpaired) electrons. The van der Waals surface area contributed by atoms with Crippen LogP contribution in [0.3, 0.4) is 0 Å². The van der Waals surface area contributed by atoms with Gasteiger partial charge in [0.05, 0.1) is 24.2 Å². The number of hydrogen-bond acceptors (Lipinski definition) is 7. The summed E-state index contributed by atoms with van der Waals surface area (Å²) in [6, 6.07) is 0. The summed E-state index contributed by atoms with van der Waals surface area (Å²) in [5.74, 6) is 2.68. The third-order valence-corrected chi connectivity index (χ3v) is 14.8. The summed E-state index contributed by atoms with van der Waals surface area (Å²) in [6.07, 6.45) is 7.05. The van der Waals surface area contributed by atoms with Crippen LogP contribution in [0.25, 0.3) is 0 Å². The lowest BCUT2D eigenvalue weighted by atomic mass is 9.75. The van der Waals surface area contributed by atoms with Crippen LogP contribution in [0.4, 0.5) is 0 Å². The average molecular weight is 710 g/mol. The highest BCUT2D eigenvalue weighted by molar-refractivity contribution is 9.10. The van der Waals surface area contributed by atoms with Crippen LogP contribution in [0.2, 0.25) is 0 Å². The van der Waals surface area contributed by atoms with Crippen molar-refractivity contribution in [3.8, 4) is 0 Å². The lowest BCUT2D eigenvalue weighted by Crippen LogP contribution is -2.49. The van der Waals surface area contributed by atoms with Crippen LogP contribution in [0, 0.1) is 64.6 Å². The smallest absolute Gasteiger partial charge is 0.327 e. The molecular weight excluding hydrogens is 648 g/mol. The fourth-order valence-electron chi connectivity index (χ4n) is 10.4. The van der Waals surface area contributed by atoms with Crippen molar-refractivity contribution in [2.45, 2.75) is 161 Å². The molecule has 1 spiro atoms. The minimum Gasteiger partial charge on any atom is -0.434 e. The number of halogens is 1. The lowest BCUT2D eigenvalue weighted by Gasteiger charge is -2.42. The molecule has 6 aliphatic rings. The molecule has 0 unspecified atom stereocenters. The van der Waals surface area contributed by atoms with Crippen molar-refractivity contribution in [1.82, 2.24) is 0 Å². The van der Waals surface area contributed by atoms with E-state index in [1.807, 2.05) is 0 Å². The van der Waals surface area contributed by atoms with E-state index in [0.717, 1.165) is 38.5 Å². The van der Waals surface area contributed by atoms with E-state index in [4.69, 9.17) is 23.7 Å². The van der Waals surface area contributed by atoms with Gasteiger partial charge in [-0.2, -0.15) is 0 Å². The summed E-state index contributed by atoms with van der Waals surface area (Å²) in [5.41, 5.74) is -1.25. The second-order valence-electron chi connectivity index (χ2n) is 17.5. The second-order valence-corrected chi connectivity index (χ2v) is 18.8. The van der Waals surface area contributed by atoms with Crippen molar-refractivity contribution in [3.63, 3.8) is 0 Å². The van der Waals surface area contributed by atoms with Gasteiger partial charge in [0.25, 0.3) is 0 Å². The minimum absolute atomic E-state index is 0.0297. The number of esters is 2. The highest BCUT2D eigenvalue weighted by Gasteiger charge is 2.97. The van der Waals surface area contributed by atoms with Gasteiger partial charge in [0.1, 0.15) is 11.5 Å². The lowest BCUT2D eigenvalue weighted by molar-refractivity contribution is -0.233. The Bertz CT molecular complexity index is 1130. The number of rotatable bonds is 9. The average Bonchev–Trinajstić information content (AvgIpc) is 3.33. The van der Waals surface area contributed by atoms with E-state index in [-0.39, 0.29) is 18.3 Å². The molecule has 0 aromatic carbocycles. The molecule has 0 aromatic rings. The molecule has 8 heteroatoms. The van der Waals surface area contributed by atoms with E-state index in [9.17, 15) is 9.59 Å². The van der Waals surface area contributed by atoms with Gasteiger partial charge in [-0.1, -0.05) is 97.5 Å². The molecule has 0 amide bonds. The van der Waals surface area contributed by atoms with Gasteiger partial charge in [0.2, 0.25) is 12.6 Å². The fourth-order valence-corrected chi connectivity index (χ4v) is 11.6. The molecule has 46 heavy (non-hydrogen) atoms. The van der Waals surface area contributed by atoms with Gasteiger partial charge in [-0.25, -0.2) is 0 Å². The number of hydrogen-bond donors (Lipinski definition) is 0. The third kappa shape index (κ3) is 5.83. The Morgan fingerprint density at radius 1 is 0.609 bits per heavy atom. The molecule has 2 heterocycles. The van der Waals surface area contributed by atoms with Gasteiger partial charge in [0.15, 0.2) is 4.32 Å². The minimum atomic E-state index is -1.25. The number of alkyl halides is 1. The van der Waals surface area contributed by atoms with Gasteiger partial charge in [-0.15, -0.1) is 0 Å². The van der Waals surface area contributed by atoms with Gasteiger partial charge in [-0.05, 0) is 91.8 Å². The SMILES string of the molecule is CC(C)[C@@H]1CC[C@@H](C)C[C@H]1O[C@@H]1OC(=O)[C@]2(Br)[C@H]1[C@@]21C(=O)O[C@@H](O[C@@H]2C[C@H](C)CC[C@H]2C(C)C)[C@@H]1O[C@@H]1C[C@H](C)CC[C@H]1C(C)C.